The molecule has 1 saturated heterocycles. The quantitative estimate of drug-likeness (QED) is 0.866. The molecule has 2 heterocycles. The van der Waals surface area contributed by atoms with E-state index in [1.807, 2.05) is 17.0 Å². The number of hydrogen-bond acceptors (Lipinski definition) is 4. The molecule has 3 rings (SSSR count). The third kappa shape index (κ3) is 4.48. The molecule has 6 heteroatoms. The number of furan rings is 1. The predicted molar refractivity (Wildman–Crippen MR) is 82.5 cm³/mol. The number of urea groups is 1. The fourth-order valence-corrected chi connectivity index (χ4v) is 2.87. The molecule has 6 nitrogen and oxygen atoms in total. The summed E-state index contributed by atoms with van der Waals surface area (Å²) in [7, 11) is 2.14. The van der Waals surface area contributed by atoms with Gasteiger partial charge in [-0.1, -0.05) is 0 Å². The van der Waals surface area contributed by atoms with Gasteiger partial charge in [0.1, 0.15) is 5.76 Å². The van der Waals surface area contributed by atoms with Gasteiger partial charge in [-0.15, -0.1) is 0 Å². The maximum Gasteiger partial charge on any atom is 0.317 e. The maximum atomic E-state index is 12.2. The molecule has 0 unspecified atom stereocenters. The molecule has 1 saturated carbocycles. The van der Waals surface area contributed by atoms with E-state index in [2.05, 4.69) is 17.3 Å². The van der Waals surface area contributed by atoms with Crippen molar-refractivity contribution in [1.29, 1.82) is 0 Å². The summed E-state index contributed by atoms with van der Waals surface area (Å²) in [4.78, 5) is 16.4. The van der Waals surface area contributed by atoms with Crippen molar-refractivity contribution in [3.05, 3.63) is 24.2 Å². The van der Waals surface area contributed by atoms with Gasteiger partial charge >= 0.3 is 6.03 Å². The first-order valence-electron chi connectivity index (χ1n) is 8.06. The number of hydrogen-bond donors (Lipinski definition) is 1. The Labute approximate surface area is 131 Å². The molecule has 0 spiro atoms. The van der Waals surface area contributed by atoms with Gasteiger partial charge in [0.15, 0.2) is 0 Å². The van der Waals surface area contributed by atoms with Crippen LogP contribution in [-0.2, 0) is 11.3 Å². The largest absolute Gasteiger partial charge is 0.467 e. The molecule has 2 aliphatic rings. The van der Waals surface area contributed by atoms with Gasteiger partial charge < -0.3 is 24.3 Å². The molecule has 1 aromatic heterocycles. The number of carbonyl (C=O) groups excluding carboxylic acids is 1. The SMILES string of the molecule is CN(CC1CC1)C[C@@H]1CN(C(=O)NCc2ccco2)CCO1. The van der Waals surface area contributed by atoms with Crippen molar-refractivity contribution in [1.82, 2.24) is 15.1 Å². The van der Waals surface area contributed by atoms with E-state index in [0.717, 1.165) is 24.8 Å². The van der Waals surface area contributed by atoms with Gasteiger partial charge in [0, 0.05) is 26.2 Å². The molecule has 1 aliphatic carbocycles. The number of rotatable bonds is 6. The Kier molecular flexibility index (Phi) is 5.00. The second-order valence-corrected chi connectivity index (χ2v) is 6.34. The van der Waals surface area contributed by atoms with Gasteiger partial charge in [-0.25, -0.2) is 4.79 Å². The van der Waals surface area contributed by atoms with E-state index in [1.54, 1.807) is 6.26 Å². The second-order valence-electron chi connectivity index (χ2n) is 6.34. The summed E-state index contributed by atoms with van der Waals surface area (Å²) in [6.45, 7) is 4.36. The zero-order valence-electron chi connectivity index (χ0n) is 13.2. The Hall–Kier alpha value is -1.53. The monoisotopic (exact) mass is 307 g/mol. The van der Waals surface area contributed by atoms with Crippen molar-refractivity contribution in [2.45, 2.75) is 25.5 Å². The van der Waals surface area contributed by atoms with Crippen LogP contribution in [0.1, 0.15) is 18.6 Å². The van der Waals surface area contributed by atoms with Crippen LogP contribution in [0.2, 0.25) is 0 Å². The Morgan fingerprint density at radius 3 is 3.05 bits per heavy atom. The zero-order chi connectivity index (χ0) is 15.4. The standard InChI is InChI=1S/C16H25N3O3/c1-18(10-13-4-5-13)11-15-12-19(6-8-22-15)16(20)17-9-14-3-2-7-21-14/h2-3,7,13,15H,4-6,8-12H2,1H3,(H,17,20)/t15-/m1/s1. The summed E-state index contributed by atoms with van der Waals surface area (Å²) in [6.07, 6.45) is 4.43. The van der Waals surface area contributed by atoms with Crippen LogP contribution in [0, 0.1) is 5.92 Å². The van der Waals surface area contributed by atoms with E-state index in [0.29, 0.717) is 26.2 Å². The van der Waals surface area contributed by atoms with Crippen LogP contribution in [0.3, 0.4) is 0 Å². The molecule has 2 fully saturated rings. The highest BCUT2D eigenvalue weighted by Gasteiger charge is 2.27. The van der Waals surface area contributed by atoms with Crippen molar-refractivity contribution in [2.24, 2.45) is 5.92 Å². The van der Waals surface area contributed by atoms with Gasteiger partial charge in [-0.3, -0.25) is 0 Å². The first kappa shape index (κ1) is 15.4. The van der Waals surface area contributed by atoms with Crippen molar-refractivity contribution in [3.8, 4) is 0 Å². The van der Waals surface area contributed by atoms with E-state index in [4.69, 9.17) is 9.15 Å². The summed E-state index contributed by atoms with van der Waals surface area (Å²) in [5, 5.41) is 2.89. The van der Waals surface area contributed by atoms with E-state index in [9.17, 15) is 4.79 Å². The van der Waals surface area contributed by atoms with Crippen LogP contribution < -0.4 is 5.32 Å². The van der Waals surface area contributed by atoms with Gasteiger partial charge in [-0.2, -0.15) is 0 Å². The minimum Gasteiger partial charge on any atom is -0.467 e. The third-order valence-corrected chi connectivity index (χ3v) is 4.20. The molecule has 1 aromatic rings. The Morgan fingerprint density at radius 1 is 1.45 bits per heavy atom. The van der Waals surface area contributed by atoms with Crippen LogP contribution in [0.5, 0.6) is 0 Å². The fourth-order valence-electron chi connectivity index (χ4n) is 2.87. The highest BCUT2D eigenvalue weighted by atomic mass is 16.5. The summed E-state index contributed by atoms with van der Waals surface area (Å²) in [6, 6.07) is 3.63. The molecule has 22 heavy (non-hydrogen) atoms. The van der Waals surface area contributed by atoms with Crippen molar-refractivity contribution in [2.75, 3.05) is 39.8 Å². The van der Waals surface area contributed by atoms with E-state index in [1.165, 1.54) is 12.8 Å². The lowest BCUT2D eigenvalue weighted by atomic mass is 10.2. The minimum absolute atomic E-state index is 0.0467. The lowest BCUT2D eigenvalue weighted by Crippen LogP contribution is -2.52. The molecule has 1 N–H and O–H groups in total. The minimum atomic E-state index is -0.0467. The molecule has 0 aromatic carbocycles. The van der Waals surface area contributed by atoms with Crippen LogP contribution in [-0.4, -0.2) is 61.8 Å². The smallest absolute Gasteiger partial charge is 0.317 e. The molecular formula is C16H25N3O3. The second kappa shape index (κ2) is 7.15. The summed E-state index contributed by atoms with van der Waals surface area (Å²) in [5.74, 6) is 1.64. The lowest BCUT2D eigenvalue weighted by Gasteiger charge is -2.34. The van der Waals surface area contributed by atoms with E-state index >= 15 is 0 Å². The number of amides is 2. The summed E-state index contributed by atoms with van der Waals surface area (Å²) < 4.78 is 11.0. The van der Waals surface area contributed by atoms with Crippen molar-refractivity contribution in [3.63, 3.8) is 0 Å². The Balaban J connectivity index is 1.41. The number of carbonyl (C=O) groups is 1. The van der Waals surface area contributed by atoms with Crippen LogP contribution >= 0.6 is 0 Å². The van der Waals surface area contributed by atoms with E-state index < -0.39 is 0 Å². The molecule has 2 amide bonds. The topological polar surface area (TPSA) is 58.0 Å². The number of likely N-dealkylation sites (N-methyl/N-ethyl adjacent to an activating group) is 1. The molecule has 0 bridgehead atoms. The fraction of sp³-hybridized carbons (Fsp3) is 0.688. The number of nitrogens with zero attached hydrogens (tertiary/aromatic N) is 2. The first-order chi connectivity index (χ1) is 10.7. The van der Waals surface area contributed by atoms with Crippen molar-refractivity contribution < 1.29 is 13.9 Å². The molecule has 1 aliphatic heterocycles. The molecule has 122 valence electrons. The van der Waals surface area contributed by atoms with Crippen LogP contribution in [0.4, 0.5) is 4.79 Å². The van der Waals surface area contributed by atoms with E-state index in [-0.39, 0.29) is 12.1 Å². The summed E-state index contributed by atoms with van der Waals surface area (Å²) >= 11 is 0. The highest BCUT2D eigenvalue weighted by molar-refractivity contribution is 5.74. The van der Waals surface area contributed by atoms with Crippen LogP contribution in [0.15, 0.2) is 22.8 Å². The molecule has 1 atom stereocenters. The number of morpholine rings is 1. The lowest BCUT2D eigenvalue weighted by molar-refractivity contribution is -0.0278. The van der Waals surface area contributed by atoms with Crippen LogP contribution in [0.25, 0.3) is 0 Å². The van der Waals surface area contributed by atoms with Gasteiger partial charge in [-0.05, 0) is 37.9 Å². The average Bonchev–Trinajstić information content (AvgIpc) is 3.16. The molecular weight excluding hydrogens is 282 g/mol. The van der Waals surface area contributed by atoms with Gasteiger partial charge in [0.25, 0.3) is 0 Å². The van der Waals surface area contributed by atoms with Gasteiger partial charge in [0.2, 0.25) is 0 Å². The highest BCUT2D eigenvalue weighted by Crippen LogP contribution is 2.29. The molecule has 0 radical (unpaired) electrons. The maximum absolute atomic E-state index is 12.2. The number of nitrogens with one attached hydrogen (secondary N) is 1. The van der Waals surface area contributed by atoms with Crippen molar-refractivity contribution >= 4 is 6.03 Å². The number of ether oxygens (including phenoxy) is 1. The van der Waals surface area contributed by atoms with Gasteiger partial charge in [0.05, 0.1) is 25.5 Å². The summed E-state index contributed by atoms with van der Waals surface area (Å²) in [5.41, 5.74) is 0. The Morgan fingerprint density at radius 2 is 2.32 bits per heavy atom. The first-order valence-corrected chi connectivity index (χ1v) is 8.06. The third-order valence-electron chi connectivity index (χ3n) is 4.20. The average molecular weight is 307 g/mol. The Bertz CT molecular complexity index is 473. The normalized spacial score (nSPS) is 22.1. The predicted octanol–water partition coefficient (Wildman–Crippen LogP) is 1.53. The zero-order valence-corrected chi connectivity index (χ0v) is 13.2.